The standard InChI is InChI=1S/C16H17FN2O/c1-11-5-3-4-6-14(11)16(2,15(18)20)19-13-9-7-12(17)8-10-13/h3-10,19H,1-2H3,(H2,18,20). The van der Waals surface area contributed by atoms with E-state index in [4.69, 9.17) is 5.73 Å². The number of rotatable bonds is 4. The molecular formula is C16H17FN2O. The van der Waals surface area contributed by atoms with Crippen molar-refractivity contribution in [3.8, 4) is 0 Å². The maximum Gasteiger partial charge on any atom is 0.247 e. The number of carbonyl (C=O) groups is 1. The summed E-state index contributed by atoms with van der Waals surface area (Å²) in [7, 11) is 0. The lowest BCUT2D eigenvalue weighted by Gasteiger charge is -2.30. The molecule has 2 rings (SSSR count). The summed E-state index contributed by atoms with van der Waals surface area (Å²) in [4.78, 5) is 11.9. The first-order valence-electron chi connectivity index (χ1n) is 6.33. The van der Waals surface area contributed by atoms with Gasteiger partial charge in [0.2, 0.25) is 5.91 Å². The van der Waals surface area contributed by atoms with Gasteiger partial charge in [-0.3, -0.25) is 4.79 Å². The van der Waals surface area contributed by atoms with Gasteiger partial charge >= 0.3 is 0 Å². The predicted molar refractivity (Wildman–Crippen MR) is 77.7 cm³/mol. The molecule has 3 nitrogen and oxygen atoms in total. The summed E-state index contributed by atoms with van der Waals surface area (Å²) in [5.41, 5.74) is 6.92. The van der Waals surface area contributed by atoms with Gasteiger partial charge in [0, 0.05) is 5.69 Å². The van der Waals surface area contributed by atoms with E-state index in [2.05, 4.69) is 5.32 Å². The minimum Gasteiger partial charge on any atom is -0.368 e. The topological polar surface area (TPSA) is 55.1 Å². The normalized spacial score (nSPS) is 13.6. The van der Waals surface area contributed by atoms with Crippen LogP contribution >= 0.6 is 0 Å². The molecule has 0 saturated heterocycles. The molecule has 0 saturated carbocycles. The molecule has 2 aromatic carbocycles. The average molecular weight is 272 g/mol. The quantitative estimate of drug-likeness (QED) is 0.899. The third kappa shape index (κ3) is 2.64. The molecule has 1 amide bonds. The first-order chi connectivity index (χ1) is 9.43. The summed E-state index contributed by atoms with van der Waals surface area (Å²) in [6, 6.07) is 13.4. The molecule has 0 heterocycles. The van der Waals surface area contributed by atoms with Crippen LogP contribution in [-0.4, -0.2) is 5.91 Å². The third-order valence-electron chi connectivity index (χ3n) is 3.42. The summed E-state index contributed by atoms with van der Waals surface area (Å²) in [5, 5.41) is 3.10. The predicted octanol–water partition coefficient (Wildman–Crippen LogP) is 2.95. The molecule has 0 aliphatic rings. The Bertz CT molecular complexity index is 625. The molecule has 0 aliphatic carbocycles. The number of primary amides is 1. The van der Waals surface area contributed by atoms with Crippen LogP contribution in [0.2, 0.25) is 0 Å². The second-order valence-electron chi connectivity index (χ2n) is 4.94. The van der Waals surface area contributed by atoms with Crippen molar-refractivity contribution in [1.29, 1.82) is 0 Å². The molecule has 0 fully saturated rings. The lowest BCUT2D eigenvalue weighted by atomic mass is 9.87. The van der Waals surface area contributed by atoms with Gasteiger partial charge < -0.3 is 11.1 Å². The van der Waals surface area contributed by atoms with Crippen LogP contribution in [0.5, 0.6) is 0 Å². The van der Waals surface area contributed by atoms with Crippen LogP contribution in [0.4, 0.5) is 10.1 Å². The highest BCUT2D eigenvalue weighted by Crippen LogP contribution is 2.28. The molecular weight excluding hydrogens is 255 g/mol. The van der Waals surface area contributed by atoms with Crippen molar-refractivity contribution in [2.45, 2.75) is 19.4 Å². The van der Waals surface area contributed by atoms with Crippen molar-refractivity contribution in [1.82, 2.24) is 0 Å². The zero-order valence-corrected chi connectivity index (χ0v) is 11.5. The Morgan fingerprint density at radius 1 is 1.15 bits per heavy atom. The van der Waals surface area contributed by atoms with E-state index >= 15 is 0 Å². The van der Waals surface area contributed by atoms with Gasteiger partial charge in [0.15, 0.2) is 0 Å². The second kappa shape index (κ2) is 5.33. The summed E-state index contributed by atoms with van der Waals surface area (Å²) in [6.07, 6.45) is 0. The summed E-state index contributed by atoms with van der Waals surface area (Å²) >= 11 is 0. The van der Waals surface area contributed by atoms with E-state index in [1.165, 1.54) is 12.1 Å². The van der Waals surface area contributed by atoms with Gasteiger partial charge in [0.25, 0.3) is 0 Å². The van der Waals surface area contributed by atoms with Gasteiger partial charge in [-0.05, 0) is 49.2 Å². The van der Waals surface area contributed by atoms with Crippen molar-refractivity contribution < 1.29 is 9.18 Å². The van der Waals surface area contributed by atoms with Crippen molar-refractivity contribution in [2.24, 2.45) is 5.73 Å². The zero-order chi connectivity index (χ0) is 14.8. The number of nitrogens with two attached hydrogens (primary N) is 1. The fourth-order valence-corrected chi connectivity index (χ4v) is 2.22. The molecule has 4 heteroatoms. The van der Waals surface area contributed by atoms with Crippen LogP contribution in [0.25, 0.3) is 0 Å². The monoisotopic (exact) mass is 272 g/mol. The first kappa shape index (κ1) is 14.1. The van der Waals surface area contributed by atoms with Crippen molar-refractivity contribution in [3.63, 3.8) is 0 Å². The molecule has 0 spiro atoms. The lowest BCUT2D eigenvalue weighted by molar-refractivity contribution is -0.122. The molecule has 2 aromatic rings. The van der Waals surface area contributed by atoms with Crippen LogP contribution < -0.4 is 11.1 Å². The highest BCUT2D eigenvalue weighted by atomic mass is 19.1. The Kier molecular flexibility index (Phi) is 3.74. The smallest absolute Gasteiger partial charge is 0.247 e. The Morgan fingerprint density at radius 3 is 2.30 bits per heavy atom. The van der Waals surface area contributed by atoms with Crippen molar-refractivity contribution in [2.75, 3.05) is 5.32 Å². The molecule has 1 unspecified atom stereocenters. The summed E-state index contributed by atoms with van der Waals surface area (Å²) in [5.74, 6) is -0.816. The number of anilines is 1. The molecule has 20 heavy (non-hydrogen) atoms. The van der Waals surface area contributed by atoms with Gasteiger partial charge in [-0.25, -0.2) is 4.39 Å². The number of carbonyl (C=O) groups excluding carboxylic acids is 1. The molecule has 104 valence electrons. The van der Waals surface area contributed by atoms with E-state index in [0.29, 0.717) is 5.69 Å². The van der Waals surface area contributed by atoms with Crippen LogP contribution in [0.15, 0.2) is 48.5 Å². The largest absolute Gasteiger partial charge is 0.368 e. The number of halogens is 1. The van der Waals surface area contributed by atoms with Gasteiger partial charge in [-0.1, -0.05) is 24.3 Å². The van der Waals surface area contributed by atoms with Gasteiger partial charge in [-0.2, -0.15) is 0 Å². The molecule has 0 aliphatic heterocycles. The summed E-state index contributed by atoms with van der Waals surface area (Å²) in [6.45, 7) is 3.64. The fraction of sp³-hybridized carbons (Fsp3) is 0.188. The van der Waals surface area contributed by atoms with Gasteiger partial charge in [0.1, 0.15) is 11.4 Å². The number of hydrogen-bond acceptors (Lipinski definition) is 2. The number of hydrogen-bond donors (Lipinski definition) is 2. The number of amides is 1. The fourth-order valence-electron chi connectivity index (χ4n) is 2.22. The molecule has 0 radical (unpaired) electrons. The van der Waals surface area contributed by atoms with Crippen LogP contribution in [0.3, 0.4) is 0 Å². The van der Waals surface area contributed by atoms with E-state index < -0.39 is 11.4 Å². The second-order valence-corrected chi connectivity index (χ2v) is 4.94. The lowest BCUT2D eigenvalue weighted by Crippen LogP contribution is -2.45. The first-order valence-corrected chi connectivity index (χ1v) is 6.33. The maximum absolute atomic E-state index is 12.9. The van der Waals surface area contributed by atoms with Crippen molar-refractivity contribution >= 4 is 11.6 Å². The van der Waals surface area contributed by atoms with Gasteiger partial charge in [0.05, 0.1) is 0 Å². The Balaban J connectivity index is 2.43. The van der Waals surface area contributed by atoms with Crippen LogP contribution in [0.1, 0.15) is 18.1 Å². The Hall–Kier alpha value is -2.36. The average Bonchev–Trinajstić information content (AvgIpc) is 2.41. The van der Waals surface area contributed by atoms with E-state index in [0.717, 1.165) is 11.1 Å². The summed E-state index contributed by atoms with van der Waals surface area (Å²) < 4.78 is 12.9. The minimum atomic E-state index is -1.05. The molecule has 1 atom stereocenters. The molecule has 0 aromatic heterocycles. The minimum absolute atomic E-state index is 0.327. The number of nitrogens with one attached hydrogen (secondary N) is 1. The van der Waals surface area contributed by atoms with E-state index in [1.807, 2.05) is 31.2 Å². The Labute approximate surface area is 117 Å². The Morgan fingerprint density at radius 2 is 1.75 bits per heavy atom. The SMILES string of the molecule is Cc1ccccc1C(C)(Nc1ccc(F)cc1)C(N)=O. The van der Waals surface area contributed by atoms with Gasteiger partial charge in [-0.15, -0.1) is 0 Å². The van der Waals surface area contributed by atoms with Crippen LogP contribution in [-0.2, 0) is 10.3 Å². The third-order valence-corrected chi connectivity index (χ3v) is 3.42. The highest BCUT2D eigenvalue weighted by Gasteiger charge is 2.34. The van der Waals surface area contributed by atoms with Crippen molar-refractivity contribution in [3.05, 3.63) is 65.5 Å². The number of benzene rings is 2. The van der Waals surface area contributed by atoms with E-state index in [9.17, 15) is 9.18 Å². The van der Waals surface area contributed by atoms with E-state index in [-0.39, 0.29) is 5.82 Å². The van der Waals surface area contributed by atoms with E-state index in [1.54, 1.807) is 19.1 Å². The maximum atomic E-state index is 12.9. The highest BCUT2D eigenvalue weighted by molar-refractivity contribution is 5.89. The molecule has 3 N–H and O–H groups in total. The number of aryl methyl sites for hydroxylation is 1. The molecule has 0 bridgehead atoms. The zero-order valence-electron chi connectivity index (χ0n) is 11.5. The van der Waals surface area contributed by atoms with Crippen LogP contribution in [0, 0.1) is 12.7 Å².